The van der Waals surface area contributed by atoms with Crippen LogP contribution in [0.3, 0.4) is 0 Å². The molecule has 0 aliphatic heterocycles. The molecule has 5 aromatic rings. The number of carboxylic acid groups (broad SMARTS) is 1. The normalized spacial score (nSPS) is 10.9. The van der Waals surface area contributed by atoms with Crippen LogP contribution in [-0.4, -0.2) is 37.7 Å². The van der Waals surface area contributed by atoms with E-state index in [4.69, 9.17) is 9.15 Å². The molecule has 186 valence electrons. The van der Waals surface area contributed by atoms with Gasteiger partial charge in [-0.15, -0.1) is 5.10 Å². The summed E-state index contributed by atoms with van der Waals surface area (Å²) in [5, 5.41) is 17.7. The van der Waals surface area contributed by atoms with Crippen molar-refractivity contribution < 1.29 is 19.1 Å². The maximum absolute atomic E-state index is 11.8. The number of nitrogens with zero attached hydrogens (tertiary/aromatic N) is 4. The molecule has 0 saturated heterocycles. The zero-order valence-electron chi connectivity index (χ0n) is 20.4. The number of carboxylic acids is 1. The molecule has 0 bridgehead atoms. The fourth-order valence-electron chi connectivity index (χ4n) is 4.13. The van der Waals surface area contributed by atoms with Crippen LogP contribution in [0, 0.1) is 6.92 Å². The van der Waals surface area contributed by atoms with Gasteiger partial charge in [-0.3, -0.25) is 0 Å². The molecule has 2 aromatic heterocycles. The van der Waals surface area contributed by atoms with Crippen LogP contribution in [-0.2, 0) is 19.4 Å². The van der Waals surface area contributed by atoms with Crippen LogP contribution in [0.2, 0.25) is 0 Å². The number of aromatic carboxylic acids is 1. The van der Waals surface area contributed by atoms with Crippen molar-refractivity contribution in [3.63, 3.8) is 0 Å². The maximum atomic E-state index is 11.8. The highest BCUT2D eigenvalue weighted by molar-refractivity contribution is 5.86. The van der Waals surface area contributed by atoms with Crippen LogP contribution in [0.25, 0.3) is 11.5 Å². The van der Waals surface area contributed by atoms with Crippen molar-refractivity contribution in [2.24, 2.45) is 0 Å². The highest BCUT2D eigenvalue weighted by Crippen LogP contribution is 2.23. The highest BCUT2D eigenvalue weighted by atomic mass is 16.5. The Morgan fingerprint density at radius 2 is 1.70 bits per heavy atom. The second-order valence-corrected chi connectivity index (χ2v) is 8.64. The molecule has 2 heterocycles. The van der Waals surface area contributed by atoms with Gasteiger partial charge in [-0.1, -0.05) is 65.9 Å². The van der Waals surface area contributed by atoms with Crippen LogP contribution < -0.4 is 4.74 Å². The van der Waals surface area contributed by atoms with E-state index in [9.17, 15) is 9.90 Å². The number of hydrogen-bond donors (Lipinski definition) is 1. The van der Waals surface area contributed by atoms with E-state index in [1.807, 2.05) is 91.9 Å². The zero-order chi connectivity index (χ0) is 25.6. The Balaban J connectivity index is 1.26. The molecule has 37 heavy (non-hydrogen) atoms. The number of aryl methyl sites for hydroxylation is 1. The van der Waals surface area contributed by atoms with Crippen molar-refractivity contribution >= 4 is 5.97 Å². The van der Waals surface area contributed by atoms with Gasteiger partial charge < -0.3 is 14.3 Å². The average Bonchev–Trinajstić information content (AvgIpc) is 3.48. The predicted octanol–water partition coefficient (Wildman–Crippen LogP) is 5.20. The van der Waals surface area contributed by atoms with Crippen molar-refractivity contribution in [1.29, 1.82) is 0 Å². The lowest BCUT2D eigenvalue weighted by molar-refractivity contribution is 0.0689. The minimum absolute atomic E-state index is 0.0435. The number of aromatic nitrogens is 4. The van der Waals surface area contributed by atoms with Gasteiger partial charge in [-0.05, 0) is 42.3 Å². The molecule has 0 fully saturated rings. The molecular weight excluding hydrogens is 468 g/mol. The van der Waals surface area contributed by atoms with Gasteiger partial charge in [-0.25, -0.2) is 14.5 Å². The lowest BCUT2D eigenvalue weighted by atomic mass is 10.1. The molecule has 0 saturated carbocycles. The lowest BCUT2D eigenvalue weighted by Crippen LogP contribution is -2.10. The molecule has 5 rings (SSSR count). The van der Waals surface area contributed by atoms with Gasteiger partial charge in [0, 0.05) is 18.4 Å². The molecule has 0 unspecified atom stereocenters. The van der Waals surface area contributed by atoms with E-state index in [2.05, 4.69) is 15.3 Å². The third-order valence-electron chi connectivity index (χ3n) is 6.01. The summed E-state index contributed by atoms with van der Waals surface area (Å²) >= 11 is 0. The average molecular weight is 495 g/mol. The van der Waals surface area contributed by atoms with Crippen LogP contribution in [0.15, 0.2) is 89.3 Å². The molecule has 0 spiro atoms. The summed E-state index contributed by atoms with van der Waals surface area (Å²) in [5.74, 6) is 0.974. The summed E-state index contributed by atoms with van der Waals surface area (Å²) in [6.45, 7) is 2.77. The standard InChI is InChI=1S/C29H26N4O4/c1-20-25(30-28(37-20)23-12-6-3-7-13-23)15-16-36-24-14-8-11-22(17-24)18-26-27(29(34)35)31-32-33(26)19-21-9-4-2-5-10-21/h2-14,17H,15-16,18-19H2,1H3,(H,34,35). The summed E-state index contributed by atoms with van der Waals surface area (Å²) in [4.78, 5) is 16.4. The van der Waals surface area contributed by atoms with E-state index in [-0.39, 0.29) is 5.69 Å². The second kappa shape index (κ2) is 10.9. The Labute approximate surface area is 214 Å². The van der Waals surface area contributed by atoms with Gasteiger partial charge >= 0.3 is 5.97 Å². The Hall–Kier alpha value is -4.72. The minimum Gasteiger partial charge on any atom is -0.493 e. The first-order chi connectivity index (χ1) is 18.1. The molecule has 0 atom stereocenters. The van der Waals surface area contributed by atoms with E-state index in [0.717, 1.165) is 28.1 Å². The third-order valence-corrected chi connectivity index (χ3v) is 6.01. The first-order valence-corrected chi connectivity index (χ1v) is 12.0. The molecule has 0 radical (unpaired) electrons. The number of hydrogen-bond acceptors (Lipinski definition) is 6. The van der Waals surface area contributed by atoms with E-state index >= 15 is 0 Å². The molecule has 1 N–H and O–H groups in total. The summed E-state index contributed by atoms with van der Waals surface area (Å²) in [6.07, 6.45) is 0.963. The molecule has 0 aliphatic carbocycles. The smallest absolute Gasteiger partial charge is 0.358 e. The third kappa shape index (κ3) is 5.75. The van der Waals surface area contributed by atoms with E-state index < -0.39 is 5.97 Å². The number of rotatable bonds is 10. The quantitative estimate of drug-likeness (QED) is 0.285. The Bertz CT molecular complexity index is 1490. The van der Waals surface area contributed by atoms with Gasteiger partial charge in [0.1, 0.15) is 11.5 Å². The van der Waals surface area contributed by atoms with Crippen molar-refractivity contribution in [2.75, 3.05) is 6.61 Å². The van der Waals surface area contributed by atoms with Gasteiger partial charge in [0.25, 0.3) is 0 Å². The Morgan fingerprint density at radius 3 is 2.46 bits per heavy atom. The highest BCUT2D eigenvalue weighted by Gasteiger charge is 2.20. The monoisotopic (exact) mass is 494 g/mol. The van der Waals surface area contributed by atoms with Gasteiger partial charge in [-0.2, -0.15) is 0 Å². The van der Waals surface area contributed by atoms with Gasteiger partial charge in [0.2, 0.25) is 5.89 Å². The number of ether oxygens (including phenoxy) is 1. The van der Waals surface area contributed by atoms with E-state index in [0.29, 0.717) is 43.3 Å². The number of carbonyl (C=O) groups is 1. The topological polar surface area (TPSA) is 103 Å². The lowest BCUT2D eigenvalue weighted by Gasteiger charge is -2.10. The molecule has 0 amide bonds. The first-order valence-electron chi connectivity index (χ1n) is 12.0. The number of benzene rings is 3. The number of oxazole rings is 1. The SMILES string of the molecule is Cc1oc(-c2ccccc2)nc1CCOc1cccc(Cc2c(C(=O)O)nnn2Cc2ccccc2)c1. The van der Waals surface area contributed by atoms with Gasteiger partial charge in [0.05, 0.1) is 24.5 Å². The summed E-state index contributed by atoms with van der Waals surface area (Å²) < 4.78 is 13.5. The van der Waals surface area contributed by atoms with E-state index in [1.54, 1.807) is 4.68 Å². The van der Waals surface area contributed by atoms with Crippen molar-refractivity contribution in [3.8, 4) is 17.2 Å². The Morgan fingerprint density at radius 1 is 0.973 bits per heavy atom. The Kier molecular flexibility index (Phi) is 7.07. The fourth-order valence-corrected chi connectivity index (χ4v) is 4.13. The van der Waals surface area contributed by atoms with Crippen molar-refractivity contribution in [3.05, 3.63) is 119 Å². The van der Waals surface area contributed by atoms with Gasteiger partial charge in [0.15, 0.2) is 5.69 Å². The van der Waals surface area contributed by atoms with Crippen LogP contribution >= 0.6 is 0 Å². The molecule has 8 heteroatoms. The maximum Gasteiger partial charge on any atom is 0.358 e. The zero-order valence-corrected chi connectivity index (χ0v) is 20.4. The fraction of sp³-hybridized carbons (Fsp3) is 0.172. The molecule has 3 aromatic carbocycles. The molecule has 0 aliphatic rings. The summed E-state index contributed by atoms with van der Waals surface area (Å²) in [6, 6.07) is 27.2. The van der Waals surface area contributed by atoms with E-state index in [1.165, 1.54) is 0 Å². The van der Waals surface area contributed by atoms with Crippen LogP contribution in [0.1, 0.15) is 38.8 Å². The summed E-state index contributed by atoms with van der Waals surface area (Å²) in [5.41, 5.74) is 4.21. The molecule has 8 nitrogen and oxygen atoms in total. The minimum atomic E-state index is -1.10. The second-order valence-electron chi connectivity index (χ2n) is 8.64. The largest absolute Gasteiger partial charge is 0.493 e. The summed E-state index contributed by atoms with van der Waals surface area (Å²) in [7, 11) is 0. The molecular formula is C29H26N4O4. The predicted molar refractivity (Wildman–Crippen MR) is 138 cm³/mol. The first kappa shape index (κ1) is 24.0. The van der Waals surface area contributed by atoms with Crippen LogP contribution in [0.5, 0.6) is 5.75 Å². The van der Waals surface area contributed by atoms with Crippen LogP contribution in [0.4, 0.5) is 0 Å². The van der Waals surface area contributed by atoms with Crippen molar-refractivity contribution in [2.45, 2.75) is 26.3 Å². The van der Waals surface area contributed by atoms with Crippen molar-refractivity contribution in [1.82, 2.24) is 20.0 Å².